The van der Waals surface area contributed by atoms with Crippen molar-refractivity contribution in [3.63, 3.8) is 0 Å². The number of hydrogen-bond acceptors (Lipinski definition) is 4. The van der Waals surface area contributed by atoms with Crippen molar-refractivity contribution in [2.45, 2.75) is 0 Å². The molecule has 3 aromatic rings. The van der Waals surface area contributed by atoms with E-state index in [0.29, 0.717) is 14.8 Å². The van der Waals surface area contributed by atoms with Gasteiger partial charge in [-0.2, -0.15) is 0 Å². The standard InChI is InChI=1S/C16H10FNO3S/c17-11-4-1-3-10(7-11)8-14-16(20)18-15(22-14)9-12(19)13-5-2-6-21-13/h1-9H,(H,18,20)/b14-8-,15-9-. The van der Waals surface area contributed by atoms with Crippen LogP contribution < -0.4 is 14.8 Å². The van der Waals surface area contributed by atoms with Crippen LogP contribution in [0.1, 0.15) is 16.1 Å². The molecule has 0 bridgehead atoms. The van der Waals surface area contributed by atoms with Crippen LogP contribution >= 0.6 is 11.3 Å². The summed E-state index contributed by atoms with van der Waals surface area (Å²) in [6, 6.07) is 9.08. The second-order valence-electron chi connectivity index (χ2n) is 4.47. The van der Waals surface area contributed by atoms with Gasteiger partial charge in [0.25, 0.3) is 5.56 Å². The third-order valence-electron chi connectivity index (χ3n) is 2.85. The van der Waals surface area contributed by atoms with Gasteiger partial charge < -0.3 is 9.40 Å². The maximum atomic E-state index is 13.1. The topological polar surface area (TPSA) is 63.1 Å². The van der Waals surface area contributed by atoms with Gasteiger partial charge in [0.05, 0.1) is 15.5 Å². The number of thiazole rings is 1. The predicted octanol–water partition coefficient (Wildman–Crippen LogP) is 1.66. The monoisotopic (exact) mass is 315 g/mol. The molecule has 22 heavy (non-hydrogen) atoms. The summed E-state index contributed by atoms with van der Waals surface area (Å²) in [5, 5.41) is 0. The first kappa shape index (κ1) is 14.2. The molecular formula is C16H10FNO3S. The summed E-state index contributed by atoms with van der Waals surface area (Å²) >= 11 is 1.12. The Labute approximate surface area is 127 Å². The van der Waals surface area contributed by atoms with Gasteiger partial charge in [-0.3, -0.25) is 9.59 Å². The van der Waals surface area contributed by atoms with E-state index in [2.05, 4.69) is 4.98 Å². The Hall–Kier alpha value is -2.73. The Morgan fingerprint density at radius 2 is 2.14 bits per heavy atom. The van der Waals surface area contributed by atoms with Crippen molar-refractivity contribution in [1.82, 2.24) is 4.98 Å². The molecule has 0 unspecified atom stereocenters. The highest BCUT2D eigenvalue weighted by atomic mass is 32.1. The van der Waals surface area contributed by atoms with Crippen molar-refractivity contribution in [1.29, 1.82) is 0 Å². The van der Waals surface area contributed by atoms with Crippen molar-refractivity contribution in [2.75, 3.05) is 0 Å². The van der Waals surface area contributed by atoms with E-state index < -0.39 is 0 Å². The first-order valence-electron chi connectivity index (χ1n) is 6.38. The summed E-state index contributed by atoms with van der Waals surface area (Å²) in [4.78, 5) is 26.3. The van der Waals surface area contributed by atoms with Crippen molar-refractivity contribution in [2.24, 2.45) is 0 Å². The van der Waals surface area contributed by atoms with Crippen LogP contribution in [0.2, 0.25) is 0 Å². The largest absolute Gasteiger partial charge is 0.461 e. The molecular weight excluding hydrogens is 305 g/mol. The number of furan rings is 1. The normalized spacial score (nSPS) is 12.8. The molecule has 6 heteroatoms. The number of Topliss-reactive ketones (excluding diaryl/α,β-unsaturated/α-hetero) is 1. The lowest BCUT2D eigenvalue weighted by Crippen LogP contribution is -2.20. The molecule has 0 amide bonds. The highest BCUT2D eigenvalue weighted by Crippen LogP contribution is 2.04. The molecule has 0 aliphatic heterocycles. The van der Waals surface area contributed by atoms with E-state index in [4.69, 9.17) is 4.42 Å². The summed E-state index contributed by atoms with van der Waals surface area (Å²) in [5.41, 5.74) is 0.254. The third kappa shape index (κ3) is 3.12. The summed E-state index contributed by atoms with van der Waals surface area (Å²) in [6.45, 7) is 0. The van der Waals surface area contributed by atoms with Gasteiger partial charge in [0.2, 0.25) is 5.78 Å². The summed E-state index contributed by atoms with van der Waals surface area (Å²) in [5.74, 6) is -0.508. The number of ketones is 1. The molecule has 0 saturated carbocycles. The van der Waals surface area contributed by atoms with E-state index in [1.54, 1.807) is 30.3 Å². The zero-order valence-corrected chi connectivity index (χ0v) is 12.0. The smallest absolute Gasteiger partial charge is 0.266 e. The maximum absolute atomic E-state index is 13.1. The number of carbonyl (C=O) groups is 1. The van der Waals surface area contributed by atoms with Crippen LogP contribution in [0.3, 0.4) is 0 Å². The summed E-state index contributed by atoms with van der Waals surface area (Å²) in [7, 11) is 0. The minimum atomic E-state index is -0.374. The van der Waals surface area contributed by atoms with E-state index in [0.717, 1.165) is 11.3 Å². The van der Waals surface area contributed by atoms with Gasteiger partial charge in [0.15, 0.2) is 5.76 Å². The zero-order valence-electron chi connectivity index (χ0n) is 11.2. The van der Waals surface area contributed by atoms with E-state index in [1.165, 1.54) is 24.5 Å². The SMILES string of the molecule is O=C(/C=c1/[nH]c(=O)/c(=C/c2cccc(F)c2)s1)c1ccco1. The fourth-order valence-corrected chi connectivity index (χ4v) is 2.77. The minimum absolute atomic E-state index is 0.199. The number of rotatable bonds is 3. The molecule has 0 aliphatic carbocycles. The van der Waals surface area contributed by atoms with Crippen molar-refractivity contribution < 1.29 is 13.6 Å². The molecule has 0 radical (unpaired) electrons. The lowest BCUT2D eigenvalue weighted by molar-refractivity contribution is 0.103. The number of hydrogen-bond donors (Lipinski definition) is 1. The molecule has 4 nitrogen and oxygen atoms in total. The van der Waals surface area contributed by atoms with E-state index in [1.807, 2.05) is 0 Å². The molecule has 1 N–H and O–H groups in total. The third-order valence-corrected chi connectivity index (χ3v) is 3.82. The van der Waals surface area contributed by atoms with Crippen LogP contribution in [0.25, 0.3) is 12.2 Å². The number of H-pyrrole nitrogens is 1. The number of benzene rings is 1. The van der Waals surface area contributed by atoms with Crippen LogP contribution in [0.15, 0.2) is 51.9 Å². The lowest BCUT2D eigenvalue weighted by Gasteiger charge is -1.90. The number of nitrogens with one attached hydrogen (secondary N) is 1. The molecule has 3 rings (SSSR count). The van der Waals surface area contributed by atoms with E-state index in [9.17, 15) is 14.0 Å². The Kier molecular flexibility index (Phi) is 3.84. The van der Waals surface area contributed by atoms with Crippen molar-refractivity contribution in [3.8, 4) is 0 Å². The first-order valence-corrected chi connectivity index (χ1v) is 7.19. The Morgan fingerprint density at radius 3 is 2.86 bits per heavy atom. The number of carbonyl (C=O) groups excluding carboxylic acids is 1. The Morgan fingerprint density at radius 1 is 1.27 bits per heavy atom. The second-order valence-corrected chi connectivity index (χ2v) is 5.55. The quantitative estimate of drug-likeness (QED) is 0.748. The number of aromatic amines is 1. The average molecular weight is 315 g/mol. The highest BCUT2D eigenvalue weighted by Gasteiger charge is 2.05. The van der Waals surface area contributed by atoms with Gasteiger partial charge in [-0.25, -0.2) is 4.39 Å². The van der Waals surface area contributed by atoms with Crippen molar-refractivity contribution in [3.05, 3.63) is 79.4 Å². The minimum Gasteiger partial charge on any atom is -0.461 e. The van der Waals surface area contributed by atoms with E-state index in [-0.39, 0.29) is 22.9 Å². The van der Waals surface area contributed by atoms with Gasteiger partial charge >= 0.3 is 0 Å². The molecule has 110 valence electrons. The van der Waals surface area contributed by atoms with Gasteiger partial charge in [-0.15, -0.1) is 11.3 Å². The second kappa shape index (κ2) is 5.95. The van der Waals surface area contributed by atoms with E-state index >= 15 is 0 Å². The number of halogens is 1. The van der Waals surface area contributed by atoms with Crippen LogP contribution in [-0.2, 0) is 0 Å². The lowest BCUT2D eigenvalue weighted by atomic mass is 10.2. The highest BCUT2D eigenvalue weighted by molar-refractivity contribution is 7.07. The maximum Gasteiger partial charge on any atom is 0.266 e. The zero-order chi connectivity index (χ0) is 15.5. The van der Waals surface area contributed by atoms with Crippen LogP contribution in [0.5, 0.6) is 0 Å². The van der Waals surface area contributed by atoms with Gasteiger partial charge in [0, 0.05) is 6.08 Å². The molecule has 0 spiro atoms. The summed E-state index contributed by atoms with van der Waals surface area (Å²) < 4.78 is 18.9. The molecule has 0 aliphatic rings. The van der Waals surface area contributed by atoms with Crippen LogP contribution in [0, 0.1) is 5.82 Å². The summed E-state index contributed by atoms with van der Waals surface area (Å²) in [6.07, 6.45) is 4.27. The molecule has 2 aromatic heterocycles. The Balaban J connectivity index is 2.01. The Bertz CT molecular complexity index is 983. The first-order chi connectivity index (χ1) is 10.6. The molecule has 2 heterocycles. The van der Waals surface area contributed by atoms with Crippen LogP contribution in [0.4, 0.5) is 4.39 Å². The molecule has 0 atom stereocenters. The van der Waals surface area contributed by atoms with Crippen LogP contribution in [-0.4, -0.2) is 10.8 Å². The molecule has 0 saturated heterocycles. The predicted molar refractivity (Wildman–Crippen MR) is 81.7 cm³/mol. The average Bonchev–Trinajstić information content (AvgIpc) is 3.10. The number of aromatic nitrogens is 1. The molecule has 1 aromatic carbocycles. The van der Waals surface area contributed by atoms with Gasteiger partial charge in [0.1, 0.15) is 5.82 Å². The van der Waals surface area contributed by atoms with Gasteiger partial charge in [-0.05, 0) is 35.9 Å². The van der Waals surface area contributed by atoms with Gasteiger partial charge in [-0.1, -0.05) is 12.1 Å². The molecule has 0 fully saturated rings. The fraction of sp³-hybridized carbons (Fsp3) is 0. The van der Waals surface area contributed by atoms with Crippen molar-refractivity contribution >= 4 is 29.3 Å². The fourth-order valence-electron chi connectivity index (χ4n) is 1.88.